The van der Waals surface area contributed by atoms with Crippen molar-refractivity contribution in [1.29, 1.82) is 5.26 Å². The summed E-state index contributed by atoms with van der Waals surface area (Å²) < 4.78 is 6.24. The van der Waals surface area contributed by atoms with Crippen molar-refractivity contribution in [3.63, 3.8) is 0 Å². The molecule has 0 aromatic carbocycles. The first kappa shape index (κ1) is 23.1. The Labute approximate surface area is 198 Å². The summed E-state index contributed by atoms with van der Waals surface area (Å²) in [7, 11) is 0. The van der Waals surface area contributed by atoms with E-state index >= 15 is 0 Å². The minimum atomic E-state index is 0.246. The van der Waals surface area contributed by atoms with Gasteiger partial charge in [0.1, 0.15) is 11.9 Å². The van der Waals surface area contributed by atoms with Crippen molar-refractivity contribution in [2.24, 2.45) is 5.41 Å². The summed E-state index contributed by atoms with van der Waals surface area (Å²) in [6.45, 7) is 5.93. The fourth-order valence-electron chi connectivity index (χ4n) is 5.15. The van der Waals surface area contributed by atoms with E-state index < -0.39 is 0 Å². The molecular weight excluding hydrogens is 470 g/mol. The largest absolute Gasteiger partial charge is 0.444 e. The predicted molar refractivity (Wildman–Crippen MR) is 128 cm³/mol. The number of carbonyl (C=O) groups is 1. The van der Waals surface area contributed by atoms with Crippen molar-refractivity contribution in [1.82, 2.24) is 15.2 Å². The van der Waals surface area contributed by atoms with E-state index in [0.29, 0.717) is 22.8 Å². The average molecular weight is 502 g/mol. The second kappa shape index (κ2) is 10.2. The quantitative estimate of drug-likeness (QED) is 0.612. The van der Waals surface area contributed by atoms with Gasteiger partial charge in [-0.2, -0.15) is 5.26 Å². The minimum Gasteiger partial charge on any atom is -0.444 e. The number of nitrogens with one attached hydrogen (secondary N) is 2. The van der Waals surface area contributed by atoms with Gasteiger partial charge in [0.2, 0.25) is 11.7 Å². The van der Waals surface area contributed by atoms with Crippen molar-refractivity contribution in [3.8, 4) is 6.07 Å². The van der Waals surface area contributed by atoms with Crippen LogP contribution in [0.5, 0.6) is 0 Å². The predicted octanol–water partition coefficient (Wildman–Crippen LogP) is 4.81. The molecule has 2 N–H and O–H groups in total. The zero-order valence-electron chi connectivity index (χ0n) is 18.8. The molecule has 0 unspecified atom stereocenters. The van der Waals surface area contributed by atoms with Gasteiger partial charge in [-0.3, -0.25) is 4.79 Å². The van der Waals surface area contributed by atoms with Crippen molar-refractivity contribution >= 4 is 38.6 Å². The Morgan fingerprint density at radius 1 is 1.31 bits per heavy atom. The van der Waals surface area contributed by atoms with Gasteiger partial charge in [-0.15, -0.1) is 0 Å². The van der Waals surface area contributed by atoms with E-state index in [1.54, 1.807) is 19.2 Å². The number of nitrogens with zero attached hydrogens (tertiary/aromatic N) is 3. The lowest BCUT2D eigenvalue weighted by Gasteiger charge is -2.33. The fourth-order valence-corrected chi connectivity index (χ4v) is 5.67. The Bertz CT molecular complexity index is 986. The van der Waals surface area contributed by atoms with Crippen LogP contribution in [0.2, 0.25) is 0 Å². The van der Waals surface area contributed by atoms with Crippen LogP contribution in [0, 0.1) is 16.7 Å². The molecule has 2 aliphatic heterocycles. The van der Waals surface area contributed by atoms with Gasteiger partial charge >= 0.3 is 0 Å². The normalized spacial score (nSPS) is 20.6. The van der Waals surface area contributed by atoms with E-state index in [0.717, 1.165) is 41.9 Å². The lowest BCUT2D eigenvalue weighted by Crippen LogP contribution is -2.39. The van der Waals surface area contributed by atoms with Crippen LogP contribution in [0.4, 0.5) is 5.82 Å². The van der Waals surface area contributed by atoms with Crippen LogP contribution in [-0.2, 0) is 4.79 Å². The van der Waals surface area contributed by atoms with Crippen LogP contribution in [-0.4, -0.2) is 48.0 Å². The Hall–Kier alpha value is -2.11. The molecule has 3 aliphatic rings. The number of halogens is 1. The molecule has 0 bridgehead atoms. The first-order chi connectivity index (χ1) is 15.5. The Morgan fingerprint density at radius 2 is 2.06 bits per heavy atom. The summed E-state index contributed by atoms with van der Waals surface area (Å²) in [4.78, 5) is 17.6. The second-order valence-electron chi connectivity index (χ2n) is 9.34. The molecule has 1 amide bonds. The van der Waals surface area contributed by atoms with Gasteiger partial charge in [0.25, 0.3) is 0 Å². The SMILES string of the molecule is CC(=O)N1CCC2(CCNCC2)C1.N#Cc1cc2c(Br)c(NC3CCCCC3)ncc2o1. The van der Waals surface area contributed by atoms with Crippen LogP contribution >= 0.6 is 15.9 Å². The van der Waals surface area contributed by atoms with Crippen molar-refractivity contribution < 1.29 is 9.21 Å². The van der Waals surface area contributed by atoms with E-state index in [2.05, 4.69) is 31.5 Å². The zero-order valence-corrected chi connectivity index (χ0v) is 20.3. The first-order valence-corrected chi connectivity index (χ1v) is 12.5. The third-order valence-electron chi connectivity index (χ3n) is 7.12. The number of carbonyl (C=O) groups excluding carboxylic acids is 1. The Morgan fingerprint density at radius 3 is 2.72 bits per heavy atom. The van der Waals surface area contributed by atoms with Crippen molar-refractivity contribution in [2.75, 3.05) is 31.5 Å². The van der Waals surface area contributed by atoms with Gasteiger partial charge in [0, 0.05) is 37.5 Å². The highest BCUT2D eigenvalue weighted by Crippen LogP contribution is 2.38. The number of piperidine rings is 1. The maximum atomic E-state index is 11.2. The van der Waals surface area contributed by atoms with Crippen molar-refractivity contribution in [2.45, 2.75) is 64.3 Å². The van der Waals surface area contributed by atoms with Crippen LogP contribution < -0.4 is 10.6 Å². The molecule has 2 aromatic heterocycles. The summed E-state index contributed by atoms with van der Waals surface area (Å²) in [5.41, 5.74) is 1.11. The molecule has 0 radical (unpaired) electrons. The standard InChI is InChI=1S/C14H14BrN3O.C10H18N2O/c15-13-11-6-10(7-16)19-12(11)8-17-14(13)18-9-4-2-1-3-5-9;1-9(13)12-7-4-10(8-12)2-5-11-6-3-10/h6,8-9H,1-5H2,(H,17,18);11H,2-8H2,1H3. The lowest BCUT2D eigenvalue weighted by atomic mass is 9.78. The second-order valence-corrected chi connectivity index (χ2v) is 10.1. The molecular formula is C24H32BrN5O2. The summed E-state index contributed by atoms with van der Waals surface area (Å²) in [6.07, 6.45) is 11.7. The molecule has 1 aliphatic carbocycles. The monoisotopic (exact) mass is 501 g/mol. The molecule has 7 nitrogen and oxygen atoms in total. The fraction of sp³-hybridized carbons (Fsp3) is 0.625. The summed E-state index contributed by atoms with van der Waals surface area (Å²) in [5, 5.41) is 16.6. The van der Waals surface area contributed by atoms with E-state index in [4.69, 9.17) is 9.68 Å². The van der Waals surface area contributed by atoms with Crippen LogP contribution in [0.1, 0.15) is 64.1 Å². The highest BCUT2D eigenvalue weighted by molar-refractivity contribution is 9.10. The number of fused-ring (bicyclic) bond motifs is 1. The van der Waals surface area contributed by atoms with E-state index in [-0.39, 0.29) is 5.91 Å². The maximum Gasteiger partial charge on any atom is 0.219 e. The number of anilines is 1. The zero-order chi connectivity index (χ0) is 22.6. The molecule has 2 aromatic rings. The topological polar surface area (TPSA) is 94.2 Å². The Kier molecular flexibility index (Phi) is 7.37. The molecule has 5 rings (SSSR count). The number of likely N-dealkylation sites (tertiary alicyclic amines) is 1. The first-order valence-electron chi connectivity index (χ1n) is 11.7. The third kappa shape index (κ3) is 5.26. The summed E-state index contributed by atoms with van der Waals surface area (Å²) in [5.74, 6) is 1.40. The van der Waals surface area contributed by atoms with Gasteiger partial charge in [0.05, 0.1) is 10.7 Å². The number of rotatable bonds is 2. The number of furan rings is 1. The number of nitriles is 1. The molecule has 32 heavy (non-hydrogen) atoms. The van der Waals surface area contributed by atoms with Crippen molar-refractivity contribution in [3.05, 3.63) is 22.5 Å². The lowest BCUT2D eigenvalue weighted by molar-refractivity contribution is -0.128. The molecule has 4 heterocycles. The highest BCUT2D eigenvalue weighted by Gasteiger charge is 2.39. The molecule has 8 heteroatoms. The van der Waals surface area contributed by atoms with Crippen LogP contribution in [0.25, 0.3) is 11.0 Å². The highest BCUT2D eigenvalue weighted by atomic mass is 79.9. The molecule has 2 saturated heterocycles. The van der Waals surface area contributed by atoms with Gasteiger partial charge in [-0.1, -0.05) is 19.3 Å². The molecule has 1 saturated carbocycles. The molecule has 3 fully saturated rings. The smallest absolute Gasteiger partial charge is 0.219 e. The average Bonchev–Trinajstić information content (AvgIpc) is 3.42. The summed E-state index contributed by atoms with van der Waals surface area (Å²) >= 11 is 3.56. The van der Waals surface area contributed by atoms with Crippen LogP contribution in [0.15, 0.2) is 21.2 Å². The number of hydrogen-bond acceptors (Lipinski definition) is 6. The number of aromatic nitrogens is 1. The third-order valence-corrected chi connectivity index (χ3v) is 7.92. The maximum absolute atomic E-state index is 11.2. The van der Waals surface area contributed by atoms with E-state index in [1.165, 1.54) is 51.4 Å². The van der Waals surface area contributed by atoms with Gasteiger partial charge in [-0.05, 0) is 66.5 Å². The molecule has 172 valence electrons. The molecule has 1 spiro atoms. The van der Waals surface area contributed by atoms with Gasteiger partial charge < -0.3 is 20.0 Å². The number of amides is 1. The minimum absolute atomic E-state index is 0.246. The summed E-state index contributed by atoms with van der Waals surface area (Å²) in [6, 6.07) is 4.25. The van der Waals surface area contributed by atoms with E-state index in [9.17, 15) is 4.79 Å². The van der Waals surface area contributed by atoms with Gasteiger partial charge in [0.15, 0.2) is 5.58 Å². The number of pyridine rings is 1. The Balaban J connectivity index is 0.000000165. The number of hydrogen-bond donors (Lipinski definition) is 2. The van der Waals surface area contributed by atoms with Crippen LogP contribution in [0.3, 0.4) is 0 Å². The van der Waals surface area contributed by atoms with E-state index in [1.807, 2.05) is 11.0 Å². The molecule has 0 atom stereocenters. The van der Waals surface area contributed by atoms with Gasteiger partial charge in [-0.25, -0.2) is 4.98 Å².